The number of benzene rings is 2. The Balaban J connectivity index is 2.26. The summed E-state index contributed by atoms with van der Waals surface area (Å²) in [6, 6.07) is 15.2. The number of nitrogens with one attached hydrogen (secondary N) is 1. The van der Waals surface area contributed by atoms with Crippen LogP contribution in [-0.2, 0) is 4.79 Å². The summed E-state index contributed by atoms with van der Waals surface area (Å²) in [4.78, 5) is 11.9. The van der Waals surface area contributed by atoms with E-state index in [-0.39, 0.29) is 5.56 Å². The lowest BCUT2D eigenvalue weighted by Crippen LogP contribution is -2.32. The quantitative estimate of drug-likeness (QED) is 0.905. The number of para-hydroxylation sites is 1. The fourth-order valence-electron chi connectivity index (χ4n) is 1.87. The normalized spacial score (nSPS) is 12.8. The molecule has 0 heterocycles. The molecule has 0 aliphatic carbocycles. The van der Waals surface area contributed by atoms with Crippen LogP contribution in [0.15, 0.2) is 60.7 Å². The van der Waals surface area contributed by atoms with E-state index < -0.39 is 18.0 Å². The molecule has 0 bridgehead atoms. The Labute approximate surface area is 114 Å². The van der Waals surface area contributed by atoms with Crippen molar-refractivity contribution >= 4 is 11.6 Å². The fraction of sp³-hybridized carbons (Fsp3) is 0.133. The van der Waals surface area contributed by atoms with Crippen LogP contribution in [-0.4, -0.2) is 12.1 Å². The molecular weight excluding hydrogens is 267 g/mol. The number of carbonyl (C=O) groups excluding carboxylic acids is 1. The van der Waals surface area contributed by atoms with Crippen LogP contribution in [0.5, 0.6) is 0 Å². The minimum atomic E-state index is -4.64. The molecule has 0 saturated heterocycles. The molecule has 1 amide bonds. The molecular formula is C15H12F3NO. The van der Waals surface area contributed by atoms with Crippen molar-refractivity contribution in [3.05, 3.63) is 66.2 Å². The van der Waals surface area contributed by atoms with Crippen LogP contribution in [0.25, 0.3) is 0 Å². The van der Waals surface area contributed by atoms with Gasteiger partial charge in [0.25, 0.3) is 0 Å². The zero-order chi connectivity index (χ0) is 14.6. The number of amides is 1. The molecule has 2 rings (SSSR count). The summed E-state index contributed by atoms with van der Waals surface area (Å²) in [5.41, 5.74) is 0.260. The van der Waals surface area contributed by atoms with Crippen molar-refractivity contribution < 1.29 is 18.0 Å². The van der Waals surface area contributed by atoms with E-state index in [2.05, 4.69) is 5.32 Å². The van der Waals surface area contributed by atoms with E-state index >= 15 is 0 Å². The Morgan fingerprint density at radius 1 is 0.900 bits per heavy atom. The van der Waals surface area contributed by atoms with Crippen LogP contribution in [0.2, 0.25) is 0 Å². The lowest BCUT2D eigenvalue weighted by molar-refractivity contribution is -0.161. The minimum Gasteiger partial charge on any atom is -0.325 e. The number of hydrogen-bond acceptors (Lipinski definition) is 1. The van der Waals surface area contributed by atoms with Crippen LogP contribution in [0.4, 0.5) is 18.9 Å². The van der Waals surface area contributed by atoms with E-state index in [1.807, 2.05) is 0 Å². The third kappa shape index (κ3) is 3.38. The first-order valence-electron chi connectivity index (χ1n) is 5.96. The number of anilines is 1. The molecule has 0 spiro atoms. The largest absolute Gasteiger partial charge is 0.404 e. The maximum atomic E-state index is 13.1. The summed E-state index contributed by atoms with van der Waals surface area (Å²) in [5.74, 6) is -3.26. The Hall–Kier alpha value is -2.30. The summed E-state index contributed by atoms with van der Waals surface area (Å²) in [7, 11) is 0. The Morgan fingerprint density at radius 3 is 1.90 bits per heavy atom. The van der Waals surface area contributed by atoms with Crippen LogP contribution in [0, 0.1) is 0 Å². The number of hydrogen-bond donors (Lipinski definition) is 1. The van der Waals surface area contributed by atoms with Crippen molar-refractivity contribution in [2.45, 2.75) is 12.1 Å². The maximum Gasteiger partial charge on any atom is 0.404 e. The second-order valence-corrected chi connectivity index (χ2v) is 4.24. The zero-order valence-corrected chi connectivity index (χ0v) is 10.4. The molecule has 2 aromatic rings. The molecule has 0 radical (unpaired) electrons. The summed E-state index contributed by atoms with van der Waals surface area (Å²) >= 11 is 0. The highest BCUT2D eigenvalue weighted by Crippen LogP contribution is 2.35. The van der Waals surface area contributed by atoms with Crippen molar-refractivity contribution in [3.63, 3.8) is 0 Å². The number of alkyl halides is 3. The zero-order valence-electron chi connectivity index (χ0n) is 10.4. The summed E-state index contributed by atoms with van der Waals surface area (Å²) in [5, 5.41) is 2.29. The van der Waals surface area contributed by atoms with Crippen LogP contribution in [0.1, 0.15) is 11.5 Å². The smallest absolute Gasteiger partial charge is 0.325 e. The molecule has 1 atom stereocenters. The highest BCUT2D eigenvalue weighted by Gasteiger charge is 2.45. The predicted molar refractivity (Wildman–Crippen MR) is 70.3 cm³/mol. The minimum absolute atomic E-state index is 0.0755. The molecule has 1 N–H and O–H groups in total. The van der Waals surface area contributed by atoms with Gasteiger partial charge in [0, 0.05) is 5.69 Å². The lowest BCUT2D eigenvalue weighted by atomic mass is 9.97. The van der Waals surface area contributed by atoms with Crippen molar-refractivity contribution in [2.75, 3.05) is 5.32 Å². The molecule has 2 aromatic carbocycles. The molecule has 0 unspecified atom stereocenters. The Bertz CT molecular complexity index is 567. The van der Waals surface area contributed by atoms with Gasteiger partial charge in [0.05, 0.1) is 0 Å². The first-order valence-corrected chi connectivity index (χ1v) is 5.96. The maximum absolute atomic E-state index is 13.1. The van der Waals surface area contributed by atoms with Gasteiger partial charge in [-0.1, -0.05) is 48.5 Å². The fourth-order valence-corrected chi connectivity index (χ4v) is 1.87. The summed E-state index contributed by atoms with van der Waals surface area (Å²) < 4.78 is 39.3. The Kier molecular flexibility index (Phi) is 4.08. The van der Waals surface area contributed by atoms with E-state index in [1.54, 1.807) is 24.3 Å². The van der Waals surface area contributed by atoms with E-state index in [0.717, 1.165) is 0 Å². The van der Waals surface area contributed by atoms with E-state index in [0.29, 0.717) is 5.69 Å². The SMILES string of the molecule is O=C(Nc1ccccc1)[C@@H](c1ccccc1)C(F)(F)F. The van der Waals surface area contributed by atoms with Gasteiger partial charge in [-0.25, -0.2) is 0 Å². The molecule has 0 aromatic heterocycles. The second kappa shape index (κ2) is 5.77. The van der Waals surface area contributed by atoms with Gasteiger partial charge in [0.1, 0.15) is 0 Å². The van der Waals surface area contributed by atoms with E-state index in [9.17, 15) is 18.0 Å². The first kappa shape index (κ1) is 14.1. The van der Waals surface area contributed by atoms with Gasteiger partial charge in [-0.2, -0.15) is 13.2 Å². The van der Waals surface area contributed by atoms with Crippen LogP contribution < -0.4 is 5.32 Å². The topological polar surface area (TPSA) is 29.1 Å². The van der Waals surface area contributed by atoms with Gasteiger partial charge in [-0.05, 0) is 17.7 Å². The average molecular weight is 279 g/mol. The average Bonchev–Trinajstić information content (AvgIpc) is 2.39. The predicted octanol–water partition coefficient (Wildman–Crippen LogP) is 3.97. The highest BCUT2D eigenvalue weighted by molar-refractivity contribution is 5.96. The van der Waals surface area contributed by atoms with Gasteiger partial charge in [-0.15, -0.1) is 0 Å². The van der Waals surface area contributed by atoms with Gasteiger partial charge >= 0.3 is 6.18 Å². The molecule has 0 fully saturated rings. The molecule has 0 aliphatic rings. The molecule has 104 valence electrons. The molecule has 0 aliphatic heterocycles. The molecule has 0 saturated carbocycles. The summed E-state index contributed by atoms with van der Waals surface area (Å²) in [6.07, 6.45) is -4.64. The molecule has 20 heavy (non-hydrogen) atoms. The lowest BCUT2D eigenvalue weighted by Gasteiger charge is -2.20. The number of carbonyl (C=O) groups is 1. The first-order chi connectivity index (χ1) is 9.48. The highest BCUT2D eigenvalue weighted by atomic mass is 19.4. The van der Waals surface area contributed by atoms with Gasteiger partial charge in [0.15, 0.2) is 5.92 Å². The standard InChI is InChI=1S/C15H12F3NO/c16-15(17,18)13(11-7-3-1-4-8-11)14(20)19-12-9-5-2-6-10-12/h1-10,13H,(H,19,20)/t13-/m1/s1. The van der Waals surface area contributed by atoms with Crippen molar-refractivity contribution in [3.8, 4) is 0 Å². The molecule has 5 heteroatoms. The van der Waals surface area contributed by atoms with Gasteiger partial charge in [0.2, 0.25) is 5.91 Å². The summed E-state index contributed by atoms with van der Waals surface area (Å²) in [6.45, 7) is 0. The third-order valence-electron chi connectivity index (χ3n) is 2.76. The van der Waals surface area contributed by atoms with Crippen molar-refractivity contribution in [1.29, 1.82) is 0 Å². The van der Waals surface area contributed by atoms with Crippen LogP contribution in [0.3, 0.4) is 0 Å². The van der Waals surface area contributed by atoms with Crippen molar-refractivity contribution in [1.82, 2.24) is 0 Å². The number of halogens is 3. The van der Waals surface area contributed by atoms with Gasteiger partial charge < -0.3 is 5.32 Å². The monoisotopic (exact) mass is 279 g/mol. The number of rotatable bonds is 3. The van der Waals surface area contributed by atoms with E-state index in [1.165, 1.54) is 36.4 Å². The Morgan fingerprint density at radius 2 is 1.40 bits per heavy atom. The van der Waals surface area contributed by atoms with Crippen molar-refractivity contribution in [2.24, 2.45) is 0 Å². The second-order valence-electron chi connectivity index (χ2n) is 4.24. The van der Waals surface area contributed by atoms with E-state index in [4.69, 9.17) is 0 Å². The molecule has 2 nitrogen and oxygen atoms in total. The van der Waals surface area contributed by atoms with Gasteiger partial charge in [-0.3, -0.25) is 4.79 Å². The van der Waals surface area contributed by atoms with Crippen LogP contribution >= 0.6 is 0 Å². The third-order valence-corrected chi connectivity index (χ3v) is 2.76.